The van der Waals surface area contributed by atoms with E-state index in [0.717, 1.165) is 16.7 Å². The predicted octanol–water partition coefficient (Wildman–Crippen LogP) is 1.90. The van der Waals surface area contributed by atoms with Crippen LogP contribution in [0.1, 0.15) is 29.5 Å². The van der Waals surface area contributed by atoms with Crippen molar-refractivity contribution < 1.29 is 14.3 Å². The predicted molar refractivity (Wildman–Crippen MR) is 77.8 cm³/mol. The van der Waals surface area contributed by atoms with Crippen LogP contribution in [-0.2, 0) is 16.1 Å². The number of rotatable bonds is 2. The molecule has 3 rings (SSSR count). The first-order valence-corrected chi connectivity index (χ1v) is 7.30. The molecule has 0 saturated carbocycles. The second kappa shape index (κ2) is 5.15. The van der Waals surface area contributed by atoms with Crippen LogP contribution in [0.2, 0.25) is 0 Å². The molecule has 2 heterocycles. The Labute approximate surface area is 124 Å². The van der Waals surface area contributed by atoms with Gasteiger partial charge in [0.15, 0.2) is 0 Å². The van der Waals surface area contributed by atoms with Gasteiger partial charge >= 0.3 is 6.03 Å². The summed E-state index contributed by atoms with van der Waals surface area (Å²) in [5, 5.41) is 2.89. The molecule has 0 unspecified atom stereocenters. The monoisotopic (exact) mass is 288 g/mol. The molecule has 0 atom stereocenters. The normalized spacial score (nSPS) is 21.0. The number of ether oxygens (including phenoxy) is 1. The third kappa shape index (κ3) is 2.31. The average Bonchev–Trinajstić information content (AvgIpc) is 2.67. The van der Waals surface area contributed by atoms with E-state index in [2.05, 4.69) is 5.32 Å². The van der Waals surface area contributed by atoms with Crippen molar-refractivity contribution in [1.29, 1.82) is 0 Å². The lowest BCUT2D eigenvalue weighted by molar-refractivity contribution is -0.134. The van der Waals surface area contributed by atoms with Crippen LogP contribution in [0.5, 0.6) is 0 Å². The summed E-state index contributed by atoms with van der Waals surface area (Å²) in [6.07, 6.45) is 1.11. The Morgan fingerprint density at radius 2 is 1.81 bits per heavy atom. The van der Waals surface area contributed by atoms with E-state index in [1.165, 1.54) is 4.90 Å². The van der Waals surface area contributed by atoms with Crippen molar-refractivity contribution in [3.05, 3.63) is 34.9 Å². The van der Waals surface area contributed by atoms with Crippen LogP contribution in [0.25, 0.3) is 0 Å². The molecule has 1 spiro atoms. The number of hydrogen-bond donors (Lipinski definition) is 1. The molecule has 5 nitrogen and oxygen atoms in total. The maximum Gasteiger partial charge on any atom is 0.325 e. The highest BCUT2D eigenvalue weighted by Crippen LogP contribution is 2.30. The van der Waals surface area contributed by atoms with Crippen molar-refractivity contribution >= 4 is 11.9 Å². The summed E-state index contributed by atoms with van der Waals surface area (Å²) in [5.41, 5.74) is 2.50. The number of carbonyl (C=O) groups excluding carboxylic acids is 2. The Morgan fingerprint density at radius 1 is 1.19 bits per heavy atom. The number of hydrogen-bond acceptors (Lipinski definition) is 3. The van der Waals surface area contributed by atoms with E-state index in [-0.39, 0.29) is 11.9 Å². The number of carbonyl (C=O) groups is 2. The molecule has 5 heteroatoms. The Hall–Kier alpha value is -1.88. The van der Waals surface area contributed by atoms with Crippen molar-refractivity contribution in [3.63, 3.8) is 0 Å². The van der Waals surface area contributed by atoms with E-state index in [1.807, 2.05) is 32.0 Å². The molecule has 0 aliphatic carbocycles. The number of aryl methyl sites for hydroxylation is 2. The van der Waals surface area contributed by atoms with E-state index in [4.69, 9.17) is 4.74 Å². The topological polar surface area (TPSA) is 58.6 Å². The second-order valence-corrected chi connectivity index (χ2v) is 5.89. The molecule has 1 aromatic carbocycles. The molecule has 0 radical (unpaired) electrons. The fourth-order valence-electron chi connectivity index (χ4n) is 3.14. The van der Waals surface area contributed by atoms with E-state index in [1.54, 1.807) is 0 Å². The Kier molecular flexibility index (Phi) is 3.45. The van der Waals surface area contributed by atoms with Crippen molar-refractivity contribution in [3.8, 4) is 0 Å². The molecule has 0 bridgehead atoms. The Morgan fingerprint density at radius 3 is 2.43 bits per heavy atom. The fraction of sp³-hybridized carbons (Fsp3) is 0.500. The molecule has 2 aliphatic heterocycles. The summed E-state index contributed by atoms with van der Waals surface area (Å²) in [7, 11) is 0. The Balaban J connectivity index is 1.86. The number of benzene rings is 1. The van der Waals surface area contributed by atoms with Crippen molar-refractivity contribution in [2.45, 2.75) is 38.8 Å². The molecule has 0 aromatic heterocycles. The number of imide groups is 1. The van der Waals surface area contributed by atoms with Gasteiger partial charge in [0.25, 0.3) is 5.91 Å². The number of nitrogens with zero attached hydrogens (tertiary/aromatic N) is 1. The molecule has 2 aliphatic rings. The van der Waals surface area contributed by atoms with Gasteiger partial charge in [-0.05, 0) is 30.5 Å². The van der Waals surface area contributed by atoms with Gasteiger partial charge in [0, 0.05) is 26.1 Å². The van der Waals surface area contributed by atoms with Crippen LogP contribution in [0, 0.1) is 13.8 Å². The highest BCUT2D eigenvalue weighted by Gasteiger charge is 2.51. The smallest absolute Gasteiger partial charge is 0.325 e. The van der Waals surface area contributed by atoms with Crippen molar-refractivity contribution in [2.24, 2.45) is 0 Å². The molecule has 2 fully saturated rings. The standard InChI is InChI=1S/C16H20N2O3/c1-11-4-3-5-12(2)13(11)10-18-14(19)16(17-15(18)20)6-8-21-9-7-16/h3-5H,6-10H2,1-2H3,(H,17,20). The zero-order valence-electron chi connectivity index (χ0n) is 12.4. The maximum atomic E-state index is 12.7. The molecule has 21 heavy (non-hydrogen) atoms. The van der Waals surface area contributed by atoms with Gasteiger partial charge in [0.1, 0.15) is 5.54 Å². The van der Waals surface area contributed by atoms with E-state index >= 15 is 0 Å². The fourth-order valence-corrected chi connectivity index (χ4v) is 3.14. The van der Waals surface area contributed by atoms with Crippen LogP contribution < -0.4 is 5.32 Å². The summed E-state index contributed by atoms with van der Waals surface area (Å²) in [6.45, 7) is 5.38. The minimum atomic E-state index is -0.744. The lowest BCUT2D eigenvalue weighted by Crippen LogP contribution is -2.51. The van der Waals surface area contributed by atoms with Crippen molar-refractivity contribution in [1.82, 2.24) is 10.2 Å². The lowest BCUT2D eigenvalue weighted by atomic mass is 9.90. The van der Waals surface area contributed by atoms with Gasteiger partial charge in [0.2, 0.25) is 0 Å². The molecule has 1 N–H and O–H groups in total. The lowest BCUT2D eigenvalue weighted by Gasteiger charge is -2.30. The van der Waals surface area contributed by atoms with Gasteiger partial charge in [-0.15, -0.1) is 0 Å². The van der Waals surface area contributed by atoms with Gasteiger partial charge < -0.3 is 10.1 Å². The first-order valence-electron chi connectivity index (χ1n) is 7.30. The molecule has 2 saturated heterocycles. The van der Waals surface area contributed by atoms with Gasteiger partial charge in [-0.1, -0.05) is 18.2 Å². The van der Waals surface area contributed by atoms with Crippen LogP contribution in [0.15, 0.2) is 18.2 Å². The highest BCUT2D eigenvalue weighted by atomic mass is 16.5. The minimum Gasteiger partial charge on any atom is -0.381 e. The summed E-state index contributed by atoms with van der Waals surface area (Å²) >= 11 is 0. The quantitative estimate of drug-likeness (QED) is 0.846. The maximum absolute atomic E-state index is 12.7. The molecule has 3 amide bonds. The van der Waals surface area contributed by atoms with E-state index < -0.39 is 5.54 Å². The van der Waals surface area contributed by atoms with Gasteiger partial charge in [0.05, 0.1) is 6.54 Å². The minimum absolute atomic E-state index is 0.113. The van der Waals surface area contributed by atoms with Crippen LogP contribution >= 0.6 is 0 Å². The average molecular weight is 288 g/mol. The summed E-state index contributed by atoms with van der Waals surface area (Å²) in [6, 6.07) is 5.71. The third-order valence-electron chi connectivity index (χ3n) is 4.55. The van der Waals surface area contributed by atoms with Crippen molar-refractivity contribution in [2.75, 3.05) is 13.2 Å². The van der Waals surface area contributed by atoms with Gasteiger partial charge in [-0.25, -0.2) is 4.79 Å². The van der Waals surface area contributed by atoms with E-state index in [9.17, 15) is 9.59 Å². The zero-order valence-corrected chi connectivity index (χ0v) is 12.4. The van der Waals surface area contributed by atoms with Crippen LogP contribution in [0.3, 0.4) is 0 Å². The van der Waals surface area contributed by atoms with Crippen LogP contribution in [-0.4, -0.2) is 35.6 Å². The Bertz CT molecular complexity index is 571. The SMILES string of the molecule is Cc1cccc(C)c1CN1C(=O)NC2(CCOCC2)C1=O. The van der Waals surface area contributed by atoms with Gasteiger partial charge in [-0.2, -0.15) is 0 Å². The molecular formula is C16H20N2O3. The molecule has 1 aromatic rings. The highest BCUT2D eigenvalue weighted by molar-refractivity contribution is 6.07. The summed E-state index contributed by atoms with van der Waals surface area (Å²) in [5.74, 6) is -0.113. The number of amides is 3. The zero-order chi connectivity index (χ0) is 15.0. The number of nitrogens with one attached hydrogen (secondary N) is 1. The first kappa shape index (κ1) is 14.1. The molecule has 112 valence electrons. The second-order valence-electron chi connectivity index (χ2n) is 5.89. The van der Waals surface area contributed by atoms with E-state index in [0.29, 0.717) is 32.6 Å². The number of urea groups is 1. The first-order chi connectivity index (χ1) is 10.0. The largest absolute Gasteiger partial charge is 0.381 e. The van der Waals surface area contributed by atoms with Gasteiger partial charge in [-0.3, -0.25) is 9.69 Å². The van der Waals surface area contributed by atoms with Crippen LogP contribution in [0.4, 0.5) is 4.79 Å². The molecular weight excluding hydrogens is 268 g/mol. The third-order valence-corrected chi connectivity index (χ3v) is 4.55. The summed E-state index contributed by atoms with van der Waals surface area (Å²) < 4.78 is 5.31. The summed E-state index contributed by atoms with van der Waals surface area (Å²) in [4.78, 5) is 26.3.